The van der Waals surface area contributed by atoms with Gasteiger partial charge in [0.15, 0.2) is 10.8 Å². The zero-order valence-electron chi connectivity index (χ0n) is 18.5. The number of hydrogen-bond donors (Lipinski definition) is 3. The molecule has 0 bridgehead atoms. The number of β-lactam (4-membered cyclic amide) rings is 1. The molecule has 1 aliphatic heterocycles. The molecule has 0 saturated carbocycles. The maximum Gasteiger partial charge on any atom is 0.363 e. The minimum atomic E-state index is -5.12. The quantitative estimate of drug-likeness (QED) is 0.0737. The summed E-state index contributed by atoms with van der Waals surface area (Å²) in [7, 11) is -4.00. The van der Waals surface area contributed by atoms with Crippen LogP contribution in [0, 0.1) is 0 Å². The number of benzene rings is 1. The highest BCUT2D eigenvalue weighted by molar-refractivity contribution is 7.84. The van der Waals surface area contributed by atoms with Crippen molar-refractivity contribution in [1.82, 2.24) is 14.6 Å². The molecule has 0 spiro atoms. The van der Waals surface area contributed by atoms with Crippen LogP contribution in [0.4, 0.5) is 5.13 Å². The van der Waals surface area contributed by atoms with Gasteiger partial charge >= 0.3 is 22.2 Å². The number of nitrogens with one attached hydrogen (secondary N) is 2. The van der Waals surface area contributed by atoms with Gasteiger partial charge in [-0.1, -0.05) is 35.5 Å². The summed E-state index contributed by atoms with van der Waals surface area (Å²) in [5, 5.41) is 9.59. The number of hydrogen-bond acceptors (Lipinski definition) is 11. The molecule has 0 aliphatic carbocycles. The number of aromatic nitrogens is 1. The van der Waals surface area contributed by atoms with E-state index in [9.17, 15) is 32.1 Å². The van der Waals surface area contributed by atoms with E-state index in [1.54, 1.807) is 6.07 Å². The van der Waals surface area contributed by atoms with Crippen molar-refractivity contribution >= 4 is 67.8 Å². The fraction of sp³-hybridized carbons (Fsp3) is 0.263. The number of oxime groups is 1. The first-order chi connectivity index (χ1) is 16.9. The van der Waals surface area contributed by atoms with Gasteiger partial charge in [-0.05, 0) is 5.56 Å². The molecule has 1 aliphatic rings. The molecule has 2 heterocycles. The Hall–Kier alpha value is -3.60. The second-order valence-electron chi connectivity index (χ2n) is 7.02. The van der Waals surface area contributed by atoms with Crippen LogP contribution in [0.5, 0.6) is 0 Å². The third kappa shape index (κ3) is 5.30. The van der Waals surface area contributed by atoms with Crippen LogP contribution in [-0.4, -0.2) is 70.4 Å². The lowest BCUT2D eigenvalue weighted by atomic mass is 9.86. The van der Waals surface area contributed by atoms with Gasteiger partial charge in [0.2, 0.25) is 5.91 Å². The molecule has 3 rings (SSSR count). The highest BCUT2D eigenvalue weighted by atomic mass is 35.5. The normalized spacial score (nSPS) is 19.8. The van der Waals surface area contributed by atoms with E-state index < -0.39 is 51.5 Å². The summed E-state index contributed by atoms with van der Waals surface area (Å²) in [6.45, 7) is 0.940. The van der Waals surface area contributed by atoms with Crippen LogP contribution in [0.2, 0.25) is 0 Å². The van der Waals surface area contributed by atoms with Gasteiger partial charge in [0, 0.05) is 12.3 Å². The fourth-order valence-electron chi connectivity index (χ4n) is 3.33. The number of carbonyl (C=O) groups excluding carboxylic acids is 4. The van der Waals surface area contributed by atoms with Gasteiger partial charge in [-0.25, -0.2) is 4.98 Å². The van der Waals surface area contributed by atoms with E-state index in [0.717, 1.165) is 25.4 Å². The van der Waals surface area contributed by atoms with E-state index in [1.807, 2.05) is 0 Å². The van der Waals surface area contributed by atoms with Gasteiger partial charge in [0.1, 0.15) is 24.7 Å². The largest absolute Gasteiger partial charge is 0.427 e. The van der Waals surface area contributed by atoms with Crippen molar-refractivity contribution in [2.45, 2.75) is 18.7 Å². The average Bonchev–Trinajstić information content (AvgIpc) is 3.27. The highest BCUT2D eigenvalue weighted by Gasteiger charge is 2.69. The predicted octanol–water partition coefficient (Wildman–Crippen LogP) is 0.433. The summed E-state index contributed by atoms with van der Waals surface area (Å²) in [6, 6.07) is 5.74. The number of rotatable bonds is 9. The molecule has 1 saturated heterocycles. The highest BCUT2D eigenvalue weighted by Crippen LogP contribution is 2.46. The van der Waals surface area contributed by atoms with Gasteiger partial charge in [-0.3, -0.25) is 23.7 Å². The fourth-order valence-corrected chi connectivity index (χ4v) is 4.99. The minimum absolute atomic E-state index is 0.0707. The number of alkyl halides is 1. The van der Waals surface area contributed by atoms with Crippen LogP contribution >= 0.6 is 22.9 Å². The number of ether oxygens (including phenoxy) is 1. The molecule has 36 heavy (non-hydrogen) atoms. The number of carbonyl (C=O) groups is 4. The lowest BCUT2D eigenvalue weighted by Gasteiger charge is -2.51. The smallest absolute Gasteiger partial charge is 0.363 e. The van der Waals surface area contributed by atoms with Gasteiger partial charge in [0.05, 0.1) is 0 Å². The Balaban J connectivity index is 2.04. The van der Waals surface area contributed by atoms with E-state index in [2.05, 4.69) is 20.8 Å². The Bertz CT molecular complexity index is 1330. The van der Waals surface area contributed by atoms with Crippen molar-refractivity contribution in [3.8, 4) is 0 Å². The second kappa shape index (κ2) is 10.6. The van der Waals surface area contributed by atoms with E-state index in [1.165, 1.54) is 29.6 Å². The van der Waals surface area contributed by atoms with Crippen molar-refractivity contribution in [2.75, 3.05) is 18.3 Å². The Labute approximate surface area is 213 Å². The van der Waals surface area contributed by atoms with Crippen molar-refractivity contribution in [1.29, 1.82) is 0 Å². The molecule has 0 unspecified atom stereocenters. The number of thiazole rings is 1. The van der Waals surface area contributed by atoms with Crippen LogP contribution < -0.4 is 10.6 Å². The molecule has 17 heteroatoms. The molecule has 3 N–H and O–H groups in total. The average molecular weight is 560 g/mol. The molecule has 2 atom stereocenters. The summed E-state index contributed by atoms with van der Waals surface area (Å²) in [6.07, 6.45) is 0. The molecular weight excluding hydrogens is 542 g/mol. The van der Waals surface area contributed by atoms with Gasteiger partial charge in [0.25, 0.3) is 11.6 Å². The van der Waals surface area contributed by atoms with Crippen LogP contribution in [-0.2, 0) is 39.1 Å². The van der Waals surface area contributed by atoms with Crippen molar-refractivity contribution in [3.05, 3.63) is 47.0 Å². The SMILES string of the molecule is CON=C(C(=O)N[C@@]1(OC(C)=O)C(=O)N(S(=O)(=O)O)[C@@H]1c1ccccc1)c1csc(NC(=O)CCl)n1. The minimum Gasteiger partial charge on any atom is -0.427 e. The van der Waals surface area contributed by atoms with Crippen molar-refractivity contribution in [2.24, 2.45) is 5.16 Å². The van der Waals surface area contributed by atoms with Crippen molar-refractivity contribution in [3.63, 3.8) is 0 Å². The Morgan fingerprint density at radius 3 is 2.53 bits per heavy atom. The number of nitrogens with zero attached hydrogens (tertiary/aromatic N) is 3. The Kier molecular flexibility index (Phi) is 7.92. The zero-order chi connectivity index (χ0) is 26.7. The summed E-state index contributed by atoms with van der Waals surface area (Å²) in [5.74, 6) is -4.52. The summed E-state index contributed by atoms with van der Waals surface area (Å²) in [4.78, 5) is 58.4. The Morgan fingerprint density at radius 2 is 1.97 bits per heavy atom. The maximum absolute atomic E-state index is 13.3. The van der Waals surface area contributed by atoms with Gasteiger partial charge < -0.3 is 20.2 Å². The molecule has 14 nitrogen and oxygen atoms in total. The molecular formula is C19H18ClN5O9S2. The van der Waals surface area contributed by atoms with Crippen LogP contribution in [0.1, 0.15) is 24.2 Å². The first kappa shape index (κ1) is 27.0. The third-order valence-corrected chi connectivity index (χ3v) is 6.49. The number of halogens is 1. The second-order valence-corrected chi connectivity index (χ2v) is 9.43. The molecule has 1 aromatic heterocycles. The van der Waals surface area contributed by atoms with Gasteiger partial charge in [-0.2, -0.15) is 12.7 Å². The van der Waals surface area contributed by atoms with E-state index >= 15 is 0 Å². The molecule has 0 radical (unpaired) electrons. The predicted molar refractivity (Wildman–Crippen MR) is 125 cm³/mol. The number of esters is 1. The topological polar surface area (TPSA) is 194 Å². The number of anilines is 1. The van der Waals surface area contributed by atoms with Crippen LogP contribution in [0.15, 0.2) is 40.9 Å². The standard InChI is InChI=1S/C19H18ClN5O9S2/c1-10(26)34-19(15(11-6-4-3-5-7-11)25(17(19)29)36(30,31)32)23-16(28)14(24-33-2)12-9-35-18(21-12)22-13(27)8-20/h3-7,9,15H,8H2,1-2H3,(H,23,28)(H,21,22,27)(H,30,31,32)/t15-,19+/m1/s1. The monoisotopic (exact) mass is 559 g/mol. The van der Waals surface area contributed by atoms with E-state index in [0.29, 0.717) is 0 Å². The lowest BCUT2D eigenvalue weighted by molar-refractivity contribution is -0.205. The third-order valence-electron chi connectivity index (χ3n) is 4.62. The van der Waals surface area contributed by atoms with Crippen molar-refractivity contribution < 1.29 is 41.7 Å². The summed E-state index contributed by atoms with van der Waals surface area (Å²) in [5.41, 5.74) is -3.06. The molecule has 2 aromatic rings. The van der Waals surface area contributed by atoms with Crippen LogP contribution in [0.3, 0.4) is 0 Å². The lowest BCUT2D eigenvalue weighted by Crippen LogP contribution is -2.78. The zero-order valence-corrected chi connectivity index (χ0v) is 20.9. The summed E-state index contributed by atoms with van der Waals surface area (Å²) >= 11 is 6.37. The summed E-state index contributed by atoms with van der Waals surface area (Å²) < 4.78 is 38.8. The molecule has 192 valence electrons. The van der Waals surface area contributed by atoms with E-state index in [-0.39, 0.29) is 26.6 Å². The Morgan fingerprint density at radius 1 is 1.31 bits per heavy atom. The first-order valence-corrected chi connectivity index (χ1v) is 12.6. The molecule has 1 fully saturated rings. The van der Waals surface area contributed by atoms with E-state index in [4.69, 9.17) is 21.2 Å². The van der Waals surface area contributed by atoms with Gasteiger partial charge in [-0.15, -0.1) is 22.9 Å². The first-order valence-electron chi connectivity index (χ1n) is 9.75. The maximum atomic E-state index is 13.3. The molecule has 3 amide bonds. The number of amides is 3. The van der Waals surface area contributed by atoms with Crippen LogP contribution in [0.25, 0.3) is 0 Å². The molecule has 1 aromatic carbocycles.